The zero-order valence-electron chi connectivity index (χ0n) is 11.5. The minimum Gasteiger partial charge on any atom is -0.316 e. The molecule has 0 aromatic rings. The molecular weight excluding hydrogens is 206 g/mol. The SMILES string of the molecule is CC1CCCC(CNCC(C2CC2)C2CC2)C1. The van der Waals surface area contributed by atoms with E-state index in [9.17, 15) is 0 Å². The molecular formula is C16H29N. The van der Waals surface area contributed by atoms with Crippen LogP contribution in [-0.4, -0.2) is 13.1 Å². The second kappa shape index (κ2) is 5.30. The monoisotopic (exact) mass is 235 g/mol. The van der Waals surface area contributed by atoms with Crippen molar-refractivity contribution in [1.29, 1.82) is 0 Å². The highest BCUT2D eigenvalue weighted by Gasteiger charge is 2.40. The van der Waals surface area contributed by atoms with Gasteiger partial charge in [-0.2, -0.15) is 0 Å². The van der Waals surface area contributed by atoms with Crippen LogP contribution in [0.25, 0.3) is 0 Å². The van der Waals surface area contributed by atoms with Gasteiger partial charge in [0.05, 0.1) is 0 Å². The molecule has 0 aliphatic heterocycles. The van der Waals surface area contributed by atoms with Crippen LogP contribution < -0.4 is 5.32 Å². The standard InChI is InChI=1S/C16H29N/c1-12-3-2-4-13(9-12)10-17-11-16(14-5-6-14)15-7-8-15/h12-17H,2-11H2,1H3. The van der Waals surface area contributed by atoms with Gasteiger partial charge in [-0.3, -0.25) is 0 Å². The van der Waals surface area contributed by atoms with Gasteiger partial charge in [0.2, 0.25) is 0 Å². The molecule has 1 nitrogen and oxygen atoms in total. The Morgan fingerprint density at radius 1 is 1.00 bits per heavy atom. The van der Waals surface area contributed by atoms with Crippen LogP contribution in [0, 0.1) is 29.6 Å². The van der Waals surface area contributed by atoms with Crippen molar-refractivity contribution in [3.8, 4) is 0 Å². The molecule has 0 saturated heterocycles. The summed E-state index contributed by atoms with van der Waals surface area (Å²) in [6.45, 7) is 5.07. The summed E-state index contributed by atoms with van der Waals surface area (Å²) in [6, 6.07) is 0. The van der Waals surface area contributed by atoms with Crippen LogP contribution in [0.4, 0.5) is 0 Å². The van der Waals surface area contributed by atoms with Crippen LogP contribution in [0.1, 0.15) is 58.3 Å². The van der Waals surface area contributed by atoms with Gasteiger partial charge in [0.25, 0.3) is 0 Å². The smallest absolute Gasteiger partial charge is 0.00151 e. The van der Waals surface area contributed by atoms with E-state index >= 15 is 0 Å². The fourth-order valence-electron chi connectivity index (χ4n) is 3.97. The molecule has 3 aliphatic rings. The Bertz CT molecular complexity index is 230. The number of hydrogen-bond donors (Lipinski definition) is 1. The Morgan fingerprint density at radius 3 is 2.29 bits per heavy atom. The van der Waals surface area contributed by atoms with E-state index in [-0.39, 0.29) is 0 Å². The van der Waals surface area contributed by atoms with E-state index < -0.39 is 0 Å². The maximum atomic E-state index is 3.82. The third-order valence-corrected chi connectivity index (χ3v) is 5.31. The summed E-state index contributed by atoms with van der Waals surface area (Å²) in [6.07, 6.45) is 12.0. The van der Waals surface area contributed by atoms with Crippen LogP contribution >= 0.6 is 0 Å². The lowest BCUT2D eigenvalue weighted by molar-refractivity contribution is 0.264. The van der Waals surface area contributed by atoms with Gasteiger partial charge in [0.1, 0.15) is 0 Å². The molecule has 0 aromatic carbocycles. The van der Waals surface area contributed by atoms with Crippen LogP contribution in [-0.2, 0) is 0 Å². The molecule has 0 radical (unpaired) electrons. The summed E-state index contributed by atoms with van der Waals surface area (Å²) in [5.74, 6) is 5.24. The quantitative estimate of drug-likeness (QED) is 0.737. The first-order valence-corrected chi connectivity index (χ1v) is 8.03. The molecule has 1 N–H and O–H groups in total. The number of nitrogens with one attached hydrogen (secondary N) is 1. The normalized spacial score (nSPS) is 34.2. The lowest BCUT2D eigenvalue weighted by Gasteiger charge is -2.27. The molecule has 0 heterocycles. The van der Waals surface area contributed by atoms with Crippen LogP contribution in [0.5, 0.6) is 0 Å². The third-order valence-electron chi connectivity index (χ3n) is 5.31. The first kappa shape index (κ1) is 12.0. The summed E-state index contributed by atoms with van der Waals surface area (Å²) in [5.41, 5.74) is 0. The van der Waals surface area contributed by atoms with Gasteiger partial charge in [-0.25, -0.2) is 0 Å². The average Bonchev–Trinajstić information content (AvgIpc) is 3.15. The second-order valence-corrected chi connectivity index (χ2v) is 7.13. The van der Waals surface area contributed by atoms with Gasteiger partial charge in [-0.1, -0.05) is 19.8 Å². The largest absolute Gasteiger partial charge is 0.316 e. The van der Waals surface area contributed by atoms with Crippen molar-refractivity contribution in [2.75, 3.05) is 13.1 Å². The van der Waals surface area contributed by atoms with Gasteiger partial charge in [-0.05, 0) is 81.2 Å². The Morgan fingerprint density at radius 2 is 1.71 bits per heavy atom. The maximum absolute atomic E-state index is 3.82. The van der Waals surface area contributed by atoms with E-state index in [1.54, 1.807) is 0 Å². The van der Waals surface area contributed by atoms with E-state index in [0.29, 0.717) is 0 Å². The first-order valence-electron chi connectivity index (χ1n) is 8.03. The van der Waals surface area contributed by atoms with E-state index in [1.807, 2.05) is 0 Å². The van der Waals surface area contributed by atoms with Crippen LogP contribution in [0.2, 0.25) is 0 Å². The Hall–Kier alpha value is -0.0400. The van der Waals surface area contributed by atoms with E-state index in [0.717, 1.165) is 29.6 Å². The topological polar surface area (TPSA) is 12.0 Å². The highest BCUT2D eigenvalue weighted by molar-refractivity contribution is 4.92. The van der Waals surface area contributed by atoms with E-state index in [2.05, 4.69) is 12.2 Å². The van der Waals surface area contributed by atoms with Crippen molar-refractivity contribution in [1.82, 2.24) is 5.32 Å². The van der Waals surface area contributed by atoms with E-state index in [4.69, 9.17) is 0 Å². The van der Waals surface area contributed by atoms with Gasteiger partial charge in [-0.15, -0.1) is 0 Å². The fraction of sp³-hybridized carbons (Fsp3) is 1.00. The molecule has 17 heavy (non-hydrogen) atoms. The minimum atomic E-state index is 0.984. The van der Waals surface area contributed by atoms with Crippen LogP contribution in [0.15, 0.2) is 0 Å². The molecule has 2 unspecified atom stereocenters. The second-order valence-electron chi connectivity index (χ2n) is 7.13. The van der Waals surface area contributed by atoms with Crippen molar-refractivity contribution in [3.05, 3.63) is 0 Å². The summed E-state index contributed by atoms with van der Waals surface area (Å²) >= 11 is 0. The Balaban J connectivity index is 1.35. The predicted molar refractivity (Wildman–Crippen MR) is 72.9 cm³/mol. The zero-order chi connectivity index (χ0) is 11.7. The van der Waals surface area contributed by atoms with E-state index in [1.165, 1.54) is 64.5 Å². The van der Waals surface area contributed by atoms with Gasteiger partial charge in [0, 0.05) is 0 Å². The summed E-state index contributed by atoms with van der Waals surface area (Å²) < 4.78 is 0. The Kier molecular flexibility index (Phi) is 3.75. The lowest BCUT2D eigenvalue weighted by Crippen LogP contribution is -2.31. The van der Waals surface area contributed by atoms with Crippen LogP contribution in [0.3, 0.4) is 0 Å². The third kappa shape index (κ3) is 3.47. The molecule has 1 heteroatoms. The van der Waals surface area contributed by atoms with Crippen molar-refractivity contribution in [2.24, 2.45) is 29.6 Å². The van der Waals surface area contributed by atoms with Crippen molar-refractivity contribution >= 4 is 0 Å². The molecule has 3 fully saturated rings. The minimum absolute atomic E-state index is 0.984. The zero-order valence-corrected chi connectivity index (χ0v) is 11.5. The summed E-state index contributed by atoms with van der Waals surface area (Å²) in [4.78, 5) is 0. The number of rotatable bonds is 6. The highest BCUT2D eigenvalue weighted by Crippen LogP contribution is 2.48. The molecule has 0 aromatic heterocycles. The molecule has 0 amide bonds. The van der Waals surface area contributed by atoms with Crippen molar-refractivity contribution in [3.63, 3.8) is 0 Å². The molecule has 2 atom stereocenters. The first-order chi connectivity index (χ1) is 8.33. The Labute approximate surface area is 107 Å². The molecule has 3 rings (SSSR count). The van der Waals surface area contributed by atoms with Crippen molar-refractivity contribution < 1.29 is 0 Å². The van der Waals surface area contributed by atoms with Crippen molar-refractivity contribution in [2.45, 2.75) is 58.3 Å². The molecule has 0 spiro atoms. The molecule has 0 bridgehead atoms. The highest BCUT2D eigenvalue weighted by atomic mass is 14.9. The van der Waals surface area contributed by atoms with Gasteiger partial charge < -0.3 is 5.32 Å². The fourth-order valence-corrected chi connectivity index (χ4v) is 3.97. The lowest BCUT2D eigenvalue weighted by atomic mass is 9.82. The average molecular weight is 235 g/mol. The van der Waals surface area contributed by atoms with Gasteiger partial charge in [0.15, 0.2) is 0 Å². The number of hydrogen-bond acceptors (Lipinski definition) is 1. The molecule has 3 aliphatic carbocycles. The predicted octanol–water partition coefficient (Wildman–Crippen LogP) is 3.84. The van der Waals surface area contributed by atoms with Gasteiger partial charge >= 0.3 is 0 Å². The molecule has 3 saturated carbocycles. The summed E-state index contributed by atoms with van der Waals surface area (Å²) in [7, 11) is 0. The molecule has 98 valence electrons. The maximum Gasteiger partial charge on any atom is -0.00151 e. The summed E-state index contributed by atoms with van der Waals surface area (Å²) in [5, 5.41) is 3.82.